The van der Waals surface area contributed by atoms with Crippen LogP contribution in [0.2, 0.25) is 5.02 Å². The van der Waals surface area contributed by atoms with Crippen molar-refractivity contribution >= 4 is 50.7 Å². The highest BCUT2D eigenvalue weighted by atomic mass is 35.5. The first-order valence-corrected chi connectivity index (χ1v) is 15.9. The number of benzene rings is 2. The standard InChI is InChI=1S/C28H26ClF3N6O5S2/c1-28(2,3)43-27(39)38-8-9-42-13-20(38)25-36-23(24(44-25)18-6-7-34-26(33)35-18)16-10-14(29)11-19(22(16)32)37-45(40,41)21-12-15(30)4-5-17(21)31/h4-7,10-12,20,37H,8-9,13H2,1-3H3,(H2,33,34,35). The van der Waals surface area contributed by atoms with Crippen LogP contribution in [0.25, 0.3) is 21.8 Å². The summed E-state index contributed by atoms with van der Waals surface area (Å²) in [4.78, 5) is 26.6. The zero-order valence-corrected chi connectivity index (χ0v) is 26.4. The Balaban J connectivity index is 1.63. The summed E-state index contributed by atoms with van der Waals surface area (Å²) in [5.41, 5.74) is 4.38. The summed E-state index contributed by atoms with van der Waals surface area (Å²) in [7, 11) is -4.81. The van der Waals surface area contributed by atoms with Crippen molar-refractivity contribution in [2.75, 3.05) is 30.2 Å². The SMILES string of the molecule is CC(C)(C)OC(=O)N1CCOCC1c1nc(-c2cc(Cl)cc(NS(=O)(=O)c3cc(F)ccc3F)c2F)c(-c2ccnc(N)n2)s1. The molecule has 0 radical (unpaired) electrons. The van der Waals surface area contributed by atoms with E-state index >= 15 is 4.39 Å². The summed E-state index contributed by atoms with van der Waals surface area (Å²) in [6, 6.07) is 4.82. The third-order valence-electron chi connectivity index (χ3n) is 6.31. The highest BCUT2D eigenvalue weighted by Crippen LogP contribution is 2.43. The van der Waals surface area contributed by atoms with Gasteiger partial charge in [0.2, 0.25) is 5.95 Å². The molecule has 11 nitrogen and oxygen atoms in total. The Morgan fingerprint density at radius 2 is 1.93 bits per heavy atom. The van der Waals surface area contributed by atoms with Crippen molar-refractivity contribution in [3.8, 4) is 21.8 Å². The van der Waals surface area contributed by atoms with Gasteiger partial charge in [0.15, 0.2) is 5.82 Å². The number of sulfonamides is 1. The molecule has 45 heavy (non-hydrogen) atoms. The van der Waals surface area contributed by atoms with Crippen LogP contribution >= 0.6 is 22.9 Å². The molecule has 1 unspecified atom stereocenters. The van der Waals surface area contributed by atoms with Gasteiger partial charge in [-0.3, -0.25) is 9.62 Å². The van der Waals surface area contributed by atoms with Gasteiger partial charge in [0, 0.05) is 23.3 Å². The van der Waals surface area contributed by atoms with Gasteiger partial charge in [-0.1, -0.05) is 11.6 Å². The Hall–Kier alpha value is -3.99. The predicted molar refractivity (Wildman–Crippen MR) is 162 cm³/mol. The first-order valence-electron chi connectivity index (χ1n) is 13.3. The molecule has 3 heterocycles. The molecule has 1 fully saturated rings. The molecule has 2 aromatic heterocycles. The van der Waals surface area contributed by atoms with E-state index in [2.05, 4.69) is 15.0 Å². The molecule has 0 aliphatic carbocycles. The molecule has 4 aromatic rings. The van der Waals surface area contributed by atoms with E-state index < -0.39 is 55.8 Å². The van der Waals surface area contributed by atoms with E-state index in [-0.39, 0.29) is 47.7 Å². The van der Waals surface area contributed by atoms with Crippen molar-refractivity contribution in [2.45, 2.75) is 37.3 Å². The molecular weight excluding hydrogens is 657 g/mol. The summed E-state index contributed by atoms with van der Waals surface area (Å²) in [5, 5.41) is 0.217. The monoisotopic (exact) mass is 682 g/mol. The minimum Gasteiger partial charge on any atom is -0.444 e. The molecule has 2 aromatic carbocycles. The van der Waals surface area contributed by atoms with Crippen LogP contribution in [0.4, 0.5) is 29.6 Å². The average molecular weight is 683 g/mol. The van der Waals surface area contributed by atoms with E-state index in [1.54, 1.807) is 20.8 Å². The number of carbonyl (C=O) groups excluding carboxylic acids is 1. The van der Waals surface area contributed by atoms with Crippen LogP contribution in [0.1, 0.15) is 31.8 Å². The number of morpholine rings is 1. The van der Waals surface area contributed by atoms with Crippen LogP contribution in [-0.4, -0.2) is 59.7 Å². The van der Waals surface area contributed by atoms with E-state index in [4.69, 9.17) is 26.8 Å². The number of nitrogens with one attached hydrogen (secondary N) is 1. The molecule has 5 rings (SSSR count). The van der Waals surface area contributed by atoms with Crippen molar-refractivity contribution in [2.24, 2.45) is 0 Å². The van der Waals surface area contributed by atoms with Crippen LogP contribution < -0.4 is 10.5 Å². The fourth-order valence-corrected chi connectivity index (χ4v) is 6.91. The molecule has 17 heteroatoms. The van der Waals surface area contributed by atoms with Crippen LogP contribution in [-0.2, 0) is 19.5 Å². The van der Waals surface area contributed by atoms with Gasteiger partial charge in [0.25, 0.3) is 10.0 Å². The molecule has 238 valence electrons. The maximum atomic E-state index is 16.2. The number of hydrogen-bond donors (Lipinski definition) is 2. The smallest absolute Gasteiger partial charge is 0.411 e. The Kier molecular flexibility index (Phi) is 8.95. The maximum Gasteiger partial charge on any atom is 0.411 e. The van der Waals surface area contributed by atoms with Gasteiger partial charge >= 0.3 is 6.09 Å². The fraction of sp³-hybridized carbons (Fsp3) is 0.286. The average Bonchev–Trinajstić information content (AvgIpc) is 3.40. The summed E-state index contributed by atoms with van der Waals surface area (Å²) < 4.78 is 83.5. The van der Waals surface area contributed by atoms with Gasteiger partial charge in [0.05, 0.1) is 35.2 Å². The number of nitrogens with zero attached hydrogens (tertiary/aromatic N) is 4. The predicted octanol–water partition coefficient (Wildman–Crippen LogP) is 6.03. The molecule has 0 saturated carbocycles. The lowest BCUT2D eigenvalue weighted by Gasteiger charge is -2.35. The molecule has 1 aliphatic rings. The van der Waals surface area contributed by atoms with Crippen LogP contribution in [0.15, 0.2) is 47.5 Å². The molecule has 0 spiro atoms. The Morgan fingerprint density at radius 3 is 2.64 bits per heavy atom. The third-order valence-corrected chi connectivity index (χ3v) is 9.09. The van der Waals surface area contributed by atoms with Gasteiger partial charge in [0.1, 0.15) is 33.2 Å². The Labute approximate surface area is 265 Å². The number of thiazole rings is 1. The Bertz CT molecular complexity index is 1890. The number of ether oxygens (including phenoxy) is 2. The quantitative estimate of drug-likeness (QED) is 0.249. The first-order chi connectivity index (χ1) is 21.1. The molecule has 1 aliphatic heterocycles. The van der Waals surface area contributed by atoms with E-state index in [0.717, 1.165) is 23.5 Å². The first kappa shape index (κ1) is 32.4. The van der Waals surface area contributed by atoms with Gasteiger partial charge < -0.3 is 15.2 Å². The zero-order valence-electron chi connectivity index (χ0n) is 24.0. The minimum atomic E-state index is -4.81. The van der Waals surface area contributed by atoms with Crippen molar-refractivity contribution in [1.82, 2.24) is 19.9 Å². The van der Waals surface area contributed by atoms with Crippen molar-refractivity contribution in [1.29, 1.82) is 0 Å². The number of halogens is 4. The molecule has 0 bridgehead atoms. The van der Waals surface area contributed by atoms with E-state index in [9.17, 15) is 22.0 Å². The number of amides is 1. The van der Waals surface area contributed by atoms with Crippen LogP contribution in [0.5, 0.6) is 0 Å². The van der Waals surface area contributed by atoms with Crippen LogP contribution in [0, 0.1) is 17.5 Å². The molecule has 1 amide bonds. The summed E-state index contributed by atoms with van der Waals surface area (Å²) in [6.45, 7) is 5.70. The van der Waals surface area contributed by atoms with Crippen LogP contribution in [0.3, 0.4) is 0 Å². The topological polar surface area (TPSA) is 150 Å². The second-order valence-corrected chi connectivity index (χ2v) is 13.9. The fourth-order valence-electron chi connectivity index (χ4n) is 4.40. The highest BCUT2D eigenvalue weighted by molar-refractivity contribution is 7.92. The van der Waals surface area contributed by atoms with Gasteiger partial charge in [-0.15, -0.1) is 11.3 Å². The largest absolute Gasteiger partial charge is 0.444 e. The number of nitrogen functional groups attached to an aromatic ring is 1. The minimum absolute atomic E-state index is 0.0137. The van der Waals surface area contributed by atoms with E-state index in [1.807, 2.05) is 4.72 Å². The lowest BCUT2D eigenvalue weighted by atomic mass is 10.1. The summed E-state index contributed by atoms with van der Waals surface area (Å²) in [6.07, 6.45) is 0.787. The molecule has 1 atom stereocenters. The maximum absolute atomic E-state index is 16.2. The number of nitrogens with two attached hydrogens (primary N) is 1. The normalized spacial score (nSPS) is 15.6. The number of anilines is 2. The van der Waals surface area contributed by atoms with Gasteiger partial charge in [-0.2, -0.15) is 0 Å². The van der Waals surface area contributed by atoms with Crippen molar-refractivity contribution < 1.29 is 35.9 Å². The zero-order chi connectivity index (χ0) is 32.7. The lowest BCUT2D eigenvalue weighted by Crippen LogP contribution is -2.45. The van der Waals surface area contributed by atoms with Gasteiger partial charge in [-0.25, -0.2) is 41.3 Å². The number of rotatable bonds is 6. The number of carbonyl (C=O) groups is 1. The lowest BCUT2D eigenvalue weighted by molar-refractivity contribution is -0.0331. The van der Waals surface area contributed by atoms with Crippen molar-refractivity contribution in [3.63, 3.8) is 0 Å². The second-order valence-electron chi connectivity index (χ2n) is 10.8. The van der Waals surface area contributed by atoms with E-state index in [0.29, 0.717) is 22.0 Å². The number of hydrogen-bond acceptors (Lipinski definition) is 10. The number of aromatic nitrogens is 3. The molecule has 3 N–H and O–H groups in total. The molecule has 1 saturated heterocycles. The second kappa shape index (κ2) is 12.4. The summed E-state index contributed by atoms with van der Waals surface area (Å²) in [5.74, 6) is -3.46. The highest BCUT2D eigenvalue weighted by Gasteiger charge is 2.36. The van der Waals surface area contributed by atoms with Gasteiger partial charge in [-0.05, 0) is 57.2 Å². The third kappa shape index (κ3) is 7.13. The van der Waals surface area contributed by atoms with E-state index in [1.165, 1.54) is 23.2 Å². The molecular formula is C28H26ClF3N6O5S2. The van der Waals surface area contributed by atoms with Crippen molar-refractivity contribution in [3.05, 3.63) is 70.1 Å². The Morgan fingerprint density at radius 1 is 1.18 bits per heavy atom. The summed E-state index contributed by atoms with van der Waals surface area (Å²) >= 11 is 7.38.